The lowest BCUT2D eigenvalue weighted by Crippen LogP contribution is -2.12. The molecule has 0 unspecified atom stereocenters. The molecule has 0 heterocycles. The first-order valence-corrected chi connectivity index (χ1v) is 19.5. The lowest BCUT2D eigenvalue weighted by atomic mass is 10.0. The molecule has 2 amide bonds. The molecular formula is C48H34Cl2N6O4. The zero-order valence-corrected chi connectivity index (χ0v) is 33.6. The second-order valence-corrected chi connectivity index (χ2v) is 14.9. The minimum absolute atomic E-state index is 0.0393. The molecule has 0 spiro atoms. The van der Waals surface area contributed by atoms with Gasteiger partial charge in [-0.3, -0.25) is 9.59 Å². The number of hydrogen-bond donors (Lipinski definition) is 4. The van der Waals surface area contributed by atoms with Gasteiger partial charge in [0.1, 0.15) is 11.4 Å². The van der Waals surface area contributed by atoms with Gasteiger partial charge in [-0.25, -0.2) is 0 Å². The van der Waals surface area contributed by atoms with E-state index >= 15 is 0 Å². The third-order valence-electron chi connectivity index (χ3n) is 9.96. The quantitative estimate of drug-likeness (QED) is 0.107. The Kier molecular flexibility index (Phi) is 11.1. The van der Waals surface area contributed by atoms with Crippen molar-refractivity contribution in [1.82, 2.24) is 0 Å². The zero-order chi connectivity index (χ0) is 41.9. The Morgan fingerprint density at radius 2 is 0.867 bits per heavy atom. The molecule has 0 radical (unpaired) electrons. The molecule has 8 aromatic carbocycles. The number of fused-ring (bicyclic) bond motifs is 2. The number of amides is 2. The van der Waals surface area contributed by atoms with Crippen LogP contribution in [0.5, 0.6) is 11.5 Å². The summed E-state index contributed by atoms with van der Waals surface area (Å²) in [6, 6.07) is 42.8. The first-order valence-electron chi connectivity index (χ1n) is 18.7. The Bertz CT molecular complexity index is 2830. The van der Waals surface area contributed by atoms with Gasteiger partial charge in [0.15, 0.2) is 11.5 Å². The van der Waals surface area contributed by atoms with E-state index in [1.807, 2.05) is 86.6 Å². The number of halogens is 2. The van der Waals surface area contributed by atoms with E-state index in [1.54, 1.807) is 72.8 Å². The van der Waals surface area contributed by atoms with Gasteiger partial charge in [-0.2, -0.15) is 10.2 Å². The number of aryl methyl sites for hydroxylation is 2. The summed E-state index contributed by atoms with van der Waals surface area (Å²) in [5.74, 6) is -1.65. The topological polar surface area (TPSA) is 148 Å². The standard InChI is InChI=1S/C48H34Cl2N6O4/c1-27-11-17-33(49)25-41(27)53-55-43-37-9-5-3-7-31(37)23-39(45(43)57)47(59)51-35-19-13-29(14-20-35)30-15-21-36(22-16-30)52-48(60)40-24-32-8-4-6-10-38(32)44(46(40)58)56-54-42-26-34(50)18-12-28(42)2/h3-26,57-58H,1-2H3,(H,51,59)(H,52,60). The minimum atomic E-state index is -0.523. The molecule has 8 rings (SSSR count). The Hall–Kier alpha value is -7.40. The van der Waals surface area contributed by atoms with Gasteiger partial charge in [0.05, 0.1) is 22.5 Å². The molecule has 60 heavy (non-hydrogen) atoms. The van der Waals surface area contributed by atoms with Crippen molar-refractivity contribution >= 4 is 90.7 Å². The van der Waals surface area contributed by atoms with Crippen molar-refractivity contribution in [2.75, 3.05) is 10.6 Å². The smallest absolute Gasteiger partial charge is 0.259 e. The van der Waals surface area contributed by atoms with E-state index in [0.29, 0.717) is 54.3 Å². The lowest BCUT2D eigenvalue weighted by Gasteiger charge is -2.12. The summed E-state index contributed by atoms with van der Waals surface area (Å²) < 4.78 is 0. The number of benzene rings is 8. The summed E-state index contributed by atoms with van der Waals surface area (Å²) in [7, 11) is 0. The van der Waals surface area contributed by atoms with E-state index < -0.39 is 11.8 Å². The van der Waals surface area contributed by atoms with Crippen LogP contribution in [0.1, 0.15) is 31.8 Å². The van der Waals surface area contributed by atoms with Crippen LogP contribution in [-0.4, -0.2) is 22.0 Å². The molecule has 0 aliphatic heterocycles. The van der Waals surface area contributed by atoms with Gasteiger partial charge in [0, 0.05) is 32.2 Å². The van der Waals surface area contributed by atoms with Gasteiger partial charge in [0.25, 0.3) is 11.8 Å². The van der Waals surface area contributed by atoms with E-state index in [4.69, 9.17) is 23.2 Å². The molecule has 0 atom stereocenters. The maximum Gasteiger partial charge on any atom is 0.259 e. The second kappa shape index (κ2) is 16.8. The number of azo groups is 2. The molecule has 294 valence electrons. The number of anilines is 2. The van der Waals surface area contributed by atoms with Crippen LogP contribution in [0.4, 0.5) is 34.1 Å². The molecular weight excluding hydrogens is 795 g/mol. The summed E-state index contributed by atoms with van der Waals surface area (Å²) in [6.45, 7) is 3.76. The number of aromatic hydroxyl groups is 2. The number of nitrogens with zero attached hydrogens (tertiary/aromatic N) is 4. The second-order valence-electron chi connectivity index (χ2n) is 14.0. The molecule has 0 aliphatic rings. The summed E-state index contributed by atoms with van der Waals surface area (Å²) in [5, 5.41) is 49.5. The number of hydrogen-bond acceptors (Lipinski definition) is 8. The van der Waals surface area contributed by atoms with Crippen LogP contribution in [0, 0.1) is 13.8 Å². The Morgan fingerprint density at radius 1 is 0.483 bits per heavy atom. The number of phenols is 2. The first kappa shape index (κ1) is 39.4. The van der Waals surface area contributed by atoms with Crippen LogP contribution in [-0.2, 0) is 0 Å². The zero-order valence-electron chi connectivity index (χ0n) is 32.1. The summed E-state index contributed by atoms with van der Waals surface area (Å²) in [6.07, 6.45) is 0. The van der Waals surface area contributed by atoms with Crippen molar-refractivity contribution in [3.05, 3.63) is 178 Å². The lowest BCUT2D eigenvalue weighted by molar-refractivity contribution is 0.101. The summed E-state index contributed by atoms with van der Waals surface area (Å²) in [4.78, 5) is 27.2. The van der Waals surface area contributed by atoms with Gasteiger partial charge >= 0.3 is 0 Å². The van der Waals surface area contributed by atoms with Crippen molar-refractivity contribution in [1.29, 1.82) is 0 Å². The molecule has 0 saturated carbocycles. The highest BCUT2D eigenvalue weighted by Gasteiger charge is 2.21. The number of phenolic OH excluding ortho intramolecular Hbond substituents is 2. The van der Waals surface area contributed by atoms with Crippen LogP contribution in [0.25, 0.3) is 32.7 Å². The van der Waals surface area contributed by atoms with Crippen LogP contribution in [0.2, 0.25) is 10.0 Å². The molecule has 4 N–H and O–H groups in total. The molecule has 0 fully saturated rings. The highest BCUT2D eigenvalue weighted by molar-refractivity contribution is 6.31. The molecule has 0 aliphatic carbocycles. The van der Waals surface area contributed by atoms with Gasteiger partial charge in [0.2, 0.25) is 0 Å². The highest BCUT2D eigenvalue weighted by Crippen LogP contribution is 2.42. The van der Waals surface area contributed by atoms with Crippen molar-refractivity contribution in [2.45, 2.75) is 13.8 Å². The summed E-state index contributed by atoms with van der Waals surface area (Å²) >= 11 is 12.3. The molecule has 10 nitrogen and oxygen atoms in total. The van der Waals surface area contributed by atoms with Crippen molar-refractivity contribution in [3.8, 4) is 22.6 Å². The minimum Gasteiger partial charge on any atom is -0.505 e. The highest BCUT2D eigenvalue weighted by atomic mass is 35.5. The number of carbonyl (C=O) groups excluding carboxylic acids is 2. The van der Waals surface area contributed by atoms with E-state index in [2.05, 4.69) is 31.1 Å². The van der Waals surface area contributed by atoms with Gasteiger partial charge < -0.3 is 20.8 Å². The average molecular weight is 830 g/mol. The Balaban J connectivity index is 0.979. The van der Waals surface area contributed by atoms with Gasteiger partial charge in [-0.15, -0.1) is 10.2 Å². The average Bonchev–Trinajstić information content (AvgIpc) is 3.25. The third kappa shape index (κ3) is 8.28. The fourth-order valence-electron chi connectivity index (χ4n) is 6.66. The van der Waals surface area contributed by atoms with Crippen LogP contribution >= 0.6 is 23.2 Å². The third-order valence-corrected chi connectivity index (χ3v) is 10.4. The fourth-order valence-corrected chi connectivity index (χ4v) is 6.99. The number of carbonyl (C=O) groups is 2. The van der Waals surface area contributed by atoms with Crippen molar-refractivity contribution in [3.63, 3.8) is 0 Å². The Labute approximate surface area is 354 Å². The predicted octanol–water partition coefficient (Wildman–Crippen LogP) is 14.3. The largest absolute Gasteiger partial charge is 0.505 e. The van der Waals surface area contributed by atoms with Crippen molar-refractivity contribution < 1.29 is 19.8 Å². The molecule has 8 aromatic rings. The maximum atomic E-state index is 13.6. The number of rotatable bonds is 9. The summed E-state index contributed by atoms with van der Waals surface area (Å²) in [5.41, 5.74) is 5.93. The van der Waals surface area contributed by atoms with E-state index in [0.717, 1.165) is 22.3 Å². The normalized spacial score (nSPS) is 11.5. The SMILES string of the molecule is Cc1ccc(Cl)cc1N=Nc1c(O)c(C(=O)Nc2ccc(-c3ccc(NC(=O)c4cc5ccccc5c(N=Nc5cc(Cl)ccc5C)c4O)cc3)cc2)cc2ccccc12. The Morgan fingerprint density at radius 3 is 1.27 bits per heavy atom. The molecule has 12 heteroatoms. The molecule has 0 bridgehead atoms. The van der Waals surface area contributed by atoms with E-state index in [9.17, 15) is 19.8 Å². The molecule has 0 saturated heterocycles. The van der Waals surface area contributed by atoms with Crippen LogP contribution in [0.15, 0.2) is 166 Å². The number of nitrogens with one attached hydrogen (secondary N) is 2. The van der Waals surface area contributed by atoms with Crippen LogP contribution in [0.3, 0.4) is 0 Å². The monoisotopic (exact) mass is 828 g/mol. The van der Waals surface area contributed by atoms with E-state index in [1.165, 1.54) is 0 Å². The van der Waals surface area contributed by atoms with Gasteiger partial charge in [-0.05, 0) is 108 Å². The molecule has 0 aromatic heterocycles. The fraction of sp³-hybridized carbons (Fsp3) is 0.0417. The maximum absolute atomic E-state index is 13.6. The van der Waals surface area contributed by atoms with Crippen LogP contribution < -0.4 is 10.6 Å². The van der Waals surface area contributed by atoms with E-state index in [-0.39, 0.29) is 34.0 Å². The van der Waals surface area contributed by atoms with Crippen molar-refractivity contribution in [2.24, 2.45) is 20.5 Å². The van der Waals surface area contributed by atoms with Gasteiger partial charge in [-0.1, -0.05) is 108 Å². The first-order chi connectivity index (χ1) is 29.0. The predicted molar refractivity (Wildman–Crippen MR) is 240 cm³/mol.